The van der Waals surface area contributed by atoms with E-state index < -0.39 is 41.8 Å². The molecule has 0 radical (unpaired) electrons. The van der Waals surface area contributed by atoms with Crippen molar-refractivity contribution in [2.45, 2.75) is 57.7 Å². The van der Waals surface area contributed by atoms with Crippen LogP contribution < -0.4 is 33.6 Å². The molecule has 0 aliphatic carbocycles. The van der Waals surface area contributed by atoms with Gasteiger partial charge >= 0.3 is 5.97 Å². The minimum atomic E-state index is -1.31. The number of hydrogen-bond acceptors (Lipinski definition) is 6. The Morgan fingerprint density at radius 3 is 2.07 bits per heavy atom. The fourth-order valence-corrected chi connectivity index (χ4v) is 2.25. The molecule has 160 valence electrons. The summed E-state index contributed by atoms with van der Waals surface area (Å²) in [5, 5.41) is 14.0. The van der Waals surface area contributed by atoms with Gasteiger partial charge in [0.1, 0.15) is 12.1 Å². The first-order valence-electron chi connectivity index (χ1n) is 8.88. The van der Waals surface area contributed by atoms with E-state index in [9.17, 15) is 24.3 Å². The molecule has 0 bridgehead atoms. The number of nitrogens with zero attached hydrogens (tertiary/aromatic N) is 1. The fourth-order valence-electron chi connectivity index (χ4n) is 2.25. The fraction of sp³-hybridized carbons (Fsp3) is 0.688. The zero-order valence-electron chi connectivity index (χ0n) is 16.2. The van der Waals surface area contributed by atoms with E-state index in [2.05, 4.69) is 15.6 Å². The van der Waals surface area contributed by atoms with Crippen LogP contribution in [0.1, 0.15) is 39.5 Å². The number of carbonyl (C=O) groups excluding carboxylic acids is 3. The third-order valence-corrected chi connectivity index (χ3v) is 3.85. The van der Waals surface area contributed by atoms with Crippen LogP contribution in [-0.2, 0) is 19.2 Å². The van der Waals surface area contributed by atoms with Gasteiger partial charge in [0.15, 0.2) is 5.96 Å². The number of guanidine groups is 1. The highest BCUT2D eigenvalue weighted by Gasteiger charge is 2.29. The summed E-state index contributed by atoms with van der Waals surface area (Å²) >= 11 is 0. The third-order valence-electron chi connectivity index (χ3n) is 3.85. The summed E-state index contributed by atoms with van der Waals surface area (Å²) in [6.45, 7) is 3.69. The van der Waals surface area contributed by atoms with Crippen LogP contribution in [0.25, 0.3) is 0 Å². The molecule has 3 atom stereocenters. The molecule has 0 aromatic heterocycles. The number of carboxylic acid groups (broad SMARTS) is 1. The molecule has 0 spiro atoms. The molecule has 0 heterocycles. The number of hydrogen-bond donors (Lipinski definition) is 7. The molecule has 12 heteroatoms. The second-order valence-corrected chi connectivity index (χ2v) is 6.69. The van der Waals surface area contributed by atoms with Crippen LogP contribution in [0.5, 0.6) is 0 Å². The van der Waals surface area contributed by atoms with Gasteiger partial charge in [-0.2, -0.15) is 0 Å². The number of aliphatic carboxylic acids is 1. The first-order chi connectivity index (χ1) is 13.0. The number of aliphatic imine (C=N–C) groups is 1. The number of primary amides is 1. The molecular weight excluding hydrogens is 370 g/mol. The zero-order chi connectivity index (χ0) is 21.9. The quantitative estimate of drug-likeness (QED) is 0.0975. The highest BCUT2D eigenvalue weighted by Crippen LogP contribution is 2.06. The summed E-state index contributed by atoms with van der Waals surface area (Å²) in [7, 11) is 0. The number of carboxylic acids is 1. The lowest BCUT2D eigenvalue weighted by atomic mass is 10.0. The monoisotopic (exact) mass is 401 g/mol. The van der Waals surface area contributed by atoms with E-state index in [1.807, 2.05) is 0 Å². The van der Waals surface area contributed by atoms with E-state index >= 15 is 0 Å². The Hall–Kier alpha value is -2.89. The second-order valence-electron chi connectivity index (χ2n) is 6.69. The van der Waals surface area contributed by atoms with Gasteiger partial charge in [0.25, 0.3) is 0 Å². The van der Waals surface area contributed by atoms with Crippen LogP contribution in [-0.4, -0.2) is 59.4 Å². The van der Waals surface area contributed by atoms with Gasteiger partial charge < -0.3 is 38.7 Å². The molecule has 3 unspecified atom stereocenters. The first-order valence-corrected chi connectivity index (χ1v) is 8.88. The van der Waals surface area contributed by atoms with Gasteiger partial charge in [-0.15, -0.1) is 0 Å². The second kappa shape index (κ2) is 12.5. The third kappa shape index (κ3) is 10.3. The lowest BCUT2D eigenvalue weighted by Gasteiger charge is -2.25. The summed E-state index contributed by atoms with van der Waals surface area (Å²) in [6.07, 6.45) is 0.417. The maximum Gasteiger partial charge on any atom is 0.326 e. The smallest absolute Gasteiger partial charge is 0.326 e. The number of amides is 3. The van der Waals surface area contributed by atoms with Crippen LogP contribution in [0.2, 0.25) is 0 Å². The predicted molar refractivity (Wildman–Crippen MR) is 103 cm³/mol. The molecule has 0 aliphatic rings. The Morgan fingerprint density at radius 1 is 1.00 bits per heavy atom. The summed E-state index contributed by atoms with van der Waals surface area (Å²) in [5.41, 5.74) is 21.2. The van der Waals surface area contributed by atoms with Gasteiger partial charge in [-0.3, -0.25) is 19.4 Å². The van der Waals surface area contributed by atoms with Crippen LogP contribution in [0.4, 0.5) is 0 Å². The molecule has 12 nitrogen and oxygen atoms in total. The summed E-state index contributed by atoms with van der Waals surface area (Å²) in [6, 6.07) is -3.17. The Balaban J connectivity index is 4.83. The van der Waals surface area contributed by atoms with Gasteiger partial charge in [-0.05, 0) is 25.2 Å². The van der Waals surface area contributed by atoms with E-state index in [4.69, 9.17) is 22.9 Å². The molecule has 0 aliphatic heterocycles. The van der Waals surface area contributed by atoms with Crippen LogP contribution in [0, 0.1) is 5.92 Å². The molecule has 0 saturated heterocycles. The zero-order valence-corrected chi connectivity index (χ0v) is 16.2. The number of nitrogens with one attached hydrogen (secondary N) is 2. The van der Waals surface area contributed by atoms with E-state index in [-0.39, 0.29) is 24.7 Å². The molecule has 0 aromatic carbocycles. The molecule has 11 N–H and O–H groups in total. The van der Waals surface area contributed by atoms with Crippen LogP contribution in [0.3, 0.4) is 0 Å². The van der Waals surface area contributed by atoms with Gasteiger partial charge in [-0.25, -0.2) is 4.79 Å². The summed E-state index contributed by atoms with van der Waals surface area (Å²) in [5.74, 6) is -3.61. The average Bonchev–Trinajstić information content (AvgIpc) is 2.58. The maximum absolute atomic E-state index is 12.4. The highest BCUT2D eigenvalue weighted by molar-refractivity contribution is 5.92. The van der Waals surface area contributed by atoms with Crippen molar-refractivity contribution in [1.29, 1.82) is 0 Å². The Labute approximate surface area is 163 Å². The summed E-state index contributed by atoms with van der Waals surface area (Å²) in [4.78, 5) is 50.6. The van der Waals surface area contributed by atoms with Crippen molar-refractivity contribution in [2.24, 2.45) is 33.8 Å². The van der Waals surface area contributed by atoms with Gasteiger partial charge in [0.2, 0.25) is 17.7 Å². The standard InChI is InChI=1S/C16H31N7O5/c1-8(2)12(14(26)22-10(15(27)28)5-6-11(18)24)23-13(25)9(17)4-3-7-21-16(19)20/h8-10,12H,3-7,17H2,1-2H3,(H2,18,24)(H,22,26)(H,23,25)(H,27,28)(H4,19,20,21). The lowest BCUT2D eigenvalue weighted by molar-refractivity contribution is -0.142. The molecule has 3 amide bonds. The van der Waals surface area contributed by atoms with Crippen LogP contribution >= 0.6 is 0 Å². The van der Waals surface area contributed by atoms with Crippen molar-refractivity contribution in [3.05, 3.63) is 0 Å². The minimum absolute atomic E-state index is 0.0566. The Kier molecular flexibility index (Phi) is 11.2. The normalized spacial score (nSPS) is 13.9. The van der Waals surface area contributed by atoms with Crippen molar-refractivity contribution in [2.75, 3.05) is 6.54 Å². The van der Waals surface area contributed by atoms with Crippen molar-refractivity contribution in [1.82, 2.24) is 10.6 Å². The van der Waals surface area contributed by atoms with Crippen molar-refractivity contribution in [3.8, 4) is 0 Å². The van der Waals surface area contributed by atoms with Crippen molar-refractivity contribution < 1.29 is 24.3 Å². The SMILES string of the molecule is CC(C)C(NC(=O)C(N)CCCN=C(N)N)C(=O)NC(CCC(N)=O)C(=O)O. The highest BCUT2D eigenvalue weighted by atomic mass is 16.4. The molecule has 28 heavy (non-hydrogen) atoms. The van der Waals surface area contributed by atoms with E-state index in [0.717, 1.165) is 0 Å². The Morgan fingerprint density at radius 2 is 1.61 bits per heavy atom. The van der Waals surface area contributed by atoms with Crippen molar-refractivity contribution >= 4 is 29.7 Å². The van der Waals surface area contributed by atoms with E-state index in [0.29, 0.717) is 19.4 Å². The van der Waals surface area contributed by atoms with Crippen molar-refractivity contribution in [3.63, 3.8) is 0 Å². The molecule has 0 aromatic rings. The topological polar surface area (TPSA) is 229 Å². The lowest BCUT2D eigenvalue weighted by Crippen LogP contribution is -2.56. The number of nitrogens with two attached hydrogens (primary N) is 4. The molecule has 0 saturated carbocycles. The molecule has 0 rings (SSSR count). The average molecular weight is 401 g/mol. The Bertz CT molecular complexity index is 590. The first kappa shape index (κ1) is 25.1. The van der Waals surface area contributed by atoms with Gasteiger partial charge in [0, 0.05) is 13.0 Å². The van der Waals surface area contributed by atoms with E-state index in [1.54, 1.807) is 13.8 Å². The van der Waals surface area contributed by atoms with Crippen LogP contribution in [0.15, 0.2) is 4.99 Å². The largest absolute Gasteiger partial charge is 0.480 e. The molecule has 0 fully saturated rings. The van der Waals surface area contributed by atoms with Gasteiger partial charge in [0.05, 0.1) is 6.04 Å². The minimum Gasteiger partial charge on any atom is -0.480 e. The number of carbonyl (C=O) groups is 4. The number of rotatable bonds is 13. The molecular formula is C16H31N7O5. The predicted octanol–water partition coefficient (Wildman–Crippen LogP) is -2.66. The van der Waals surface area contributed by atoms with E-state index in [1.165, 1.54) is 0 Å². The summed E-state index contributed by atoms with van der Waals surface area (Å²) < 4.78 is 0. The maximum atomic E-state index is 12.4. The van der Waals surface area contributed by atoms with Gasteiger partial charge in [-0.1, -0.05) is 13.8 Å².